The third-order valence-corrected chi connectivity index (χ3v) is 2.66. The molecule has 2 heterocycles. The Morgan fingerprint density at radius 2 is 2.22 bits per heavy atom. The van der Waals surface area contributed by atoms with E-state index in [9.17, 15) is 5.11 Å². The van der Waals surface area contributed by atoms with E-state index in [2.05, 4.69) is 20.3 Å². The summed E-state index contributed by atoms with van der Waals surface area (Å²) in [5.74, 6) is 1.06. The summed E-state index contributed by atoms with van der Waals surface area (Å²) in [6, 6.07) is 0.319. The van der Waals surface area contributed by atoms with Crippen molar-refractivity contribution in [3.05, 3.63) is 0 Å². The quantitative estimate of drug-likeness (QED) is 0.779. The zero-order valence-corrected chi connectivity index (χ0v) is 10.8. The molecule has 0 saturated carbocycles. The zero-order chi connectivity index (χ0) is 13.0. The van der Waals surface area contributed by atoms with Gasteiger partial charge in [-0.3, -0.25) is 0 Å². The van der Waals surface area contributed by atoms with E-state index in [-0.39, 0.29) is 6.10 Å². The molecular weight excluding hydrogens is 234 g/mol. The minimum absolute atomic E-state index is 0.306. The minimum atomic E-state index is -0.306. The third-order valence-electron chi connectivity index (χ3n) is 2.66. The molecule has 0 spiro atoms. The lowest BCUT2D eigenvalue weighted by Gasteiger charge is -2.16. The van der Waals surface area contributed by atoms with Crippen molar-refractivity contribution in [1.29, 1.82) is 0 Å². The van der Waals surface area contributed by atoms with Gasteiger partial charge in [-0.2, -0.15) is 15.0 Å². The van der Waals surface area contributed by atoms with Gasteiger partial charge in [0.05, 0.1) is 12.7 Å². The molecule has 7 nitrogen and oxygen atoms in total. The van der Waals surface area contributed by atoms with Crippen molar-refractivity contribution < 1.29 is 9.84 Å². The van der Waals surface area contributed by atoms with E-state index in [4.69, 9.17) is 4.74 Å². The number of anilines is 2. The normalized spacial score (nSPS) is 19.1. The number of aliphatic hydroxyl groups is 1. The van der Waals surface area contributed by atoms with E-state index >= 15 is 0 Å². The summed E-state index contributed by atoms with van der Waals surface area (Å²) in [7, 11) is 0. The second kappa shape index (κ2) is 5.81. The van der Waals surface area contributed by atoms with Crippen LogP contribution >= 0.6 is 0 Å². The van der Waals surface area contributed by atoms with Gasteiger partial charge in [-0.05, 0) is 20.3 Å². The predicted octanol–water partition coefficient (Wildman–Crippen LogP) is 0.273. The van der Waals surface area contributed by atoms with Gasteiger partial charge < -0.3 is 20.1 Å². The lowest BCUT2D eigenvalue weighted by Crippen LogP contribution is -2.24. The third kappa shape index (κ3) is 2.98. The molecule has 1 aliphatic heterocycles. The number of β-amino-alcohol motifs (C(OH)–C–C–N with tert-alkyl or cyclic N) is 1. The van der Waals surface area contributed by atoms with Crippen molar-refractivity contribution in [2.75, 3.05) is 36.5 Å². The number of aliphatic hydroxyl groups excluding tert-OH is 1. The number of hydrogen-bond acceptors (Lipinski definition) is 7. The van der Waals surface area contributed by atoms with Gasteiger partial charge in [-0.25, -0.2) is 0 Å². The molecule has 1 unspecified atom stereocenters. The molecule has 1 aromatic rings. The fourth-order valence-electron chi connectivity index (χ4n) is 1.84. The van der Waals surface area contributed by atoms with Gasteiger partial charge in [0, 0.05) is 19.6 Å². The molecule has 1 atom stereocenters. The largest absolute Gasteiger partial charge is 0.464 e. The van der Waals surface area contributed by atoms with E-state index in [1.807, 2.05) is 18.7 Å². The lowest BCUT2D eigenvalue weighted by atomic mass is 10.3. The maximum atomic E-state index is 9.55. The summed E-state index contributed by atoms with van der Waals surface area (Å²) in [6.07, 6.45) is 0.437. The van der Waals surface area contributed by atoms with Crippen LogP contribution < -0.4 is 15.0 Å². The molecule has 0 aliphatic carbocycles. The minimum Gasteiger partial charge on any atom is -0.464 e. The second-order valence-corrected chi connectivity index (χ2v) is 4.09. The molecule has 1 aliphatic rings. The van der Waals surface area contributed by atoms with Crippen molar-refractivity contribution in [2.45, 2.75) is 26.4 Å². The van der Waals surface area contributed by atoms with Gasteiger partial charge in [-0.1, -0.05) is 0 Å². The number of nitrogens with zero attached hydrogens (tertiary/aromatic N) is 4. The molecule has 0 radical (unpaired) electrons. The summed E-state index contributed by atoms with van der Waals surface area (Å²) >= 11 is 0. The van der Waals surface area contributed by atoms with Crippen LogP contribution in [0.15, 0.2) is 0 Å². The van der Waals surface area contributed by atoms with Gasteiger partial charge in [0.1, 0.15) is 0 Å². The van der Waals surface area contributed by atoms with Gasteiger partial charge in [0.2, 0.25) is 11.9 Å². The molecule has 2 rings (SSSR count). The van der Waals surface area contributed by atoms with Crippen LogP contribution in [-0.4, -0.2) is 52.4 Å². The molecule has 1 saturated heterocycles. The maximum absolute atomic E-state index is 9.55. The van der Waals surface area contributed by atoms with Crippen LogP contribution in [0, 0.1) is 0 Å². The zero-order valence-electron chi connectivity index (χ0n) is 10.8. The van der Waals surface area contributed by atoms with Crippen molar-refractivity contribution in [3.63, 3.8) is 0 Å². The van der Waals surface area contributed by atoms with Crippen molar-refractivity contribution >= 4 is 11.9 Å². The van der Waals surface area contributed by atoms with Crippen LogP contribution in [0.3, 0.4) is 0 Å². The molecule has 0 aromatic carbocycles. The Bertz CT molecular complexity index is 377. The van der Waals surface area contributed by atoms with Crippen LogP contribution in [0.4, 0.5) is 11.9 Å². The Balaban J connectivity index is 2.21. The molecule has 0 amide bonds. The molecule has 100 valence electrons. The van der Waals surface area contributed by atoms with Crippen LogP contribution in [0.1, 0.15) is 20.3 Å². The van der Waals surface area contributed by atoms with Crippen LogP contribution in [0.2, 0.25) is 0 Å². The molecule has 7 heteroatoms. The number of hydrogen-bond donors (Lipinski definition) is 2. The first kappa shape index (κ1) is 12.8. The number of rotatable bonds is 5. The summed E-state index contributed by atoms with van der Waals surface area (Å²) in [4.78, 5) is 14.7. The van der Waals surface area contributed by atoms with Crippen molar-refractivity contribution in [1.82, 2.24) is 15.0 Å². The van der Waals surface area contributed by atoms with E-state index in [0.29, 0.717) is 31.1 Å². The number of aromatic nitrogens is 3. The second-order valence-electron chi connectivity index (χ2n) is 4.09. The topological polar surface area (TPSA) is 83.4 Å². The van der Waals surface area contributed by atoms with E-state index in [1.54, 1.807) is 0 Å². The first-order valence-electron chi connectivity index (χ1n) is 6.28. The molecular formula is C11H19N5O2. The fourth-order valence-corrected chi connectivity index (χ4v) is 1.84. The fraction of sp³-hybridized carbons (Fsp3) is 0.727. The van der Waals surface area contributed by atoms with Crippen molar-refractivity contribution in [2.24, 2.45) is 0 Å². The van der Waals surface area contributed by atoms with Crippen LogP contribution in [0.5, 0.6) is 6.01 Å². The highest BCUT2D eigenvalue weighted by atomic mass is 16.5. The Labute approximate surface area is 106 Å². The standard InChI is InChI=1S/C11H19N5O2/c1-3-12-9-13-10(15-11(14-9)18-4-2)16-6-5-8(17)7-16/h8,17H,3-7H2,1-2H3,(H,12,13,14,15). The smallest absolute Gasteiger partial charge is 0.323 e. The average Bonchev–Trinajstić information content (AvgIpc) is 2.76. The highest BCUT2D eigenvalue weighted by Gasteiger charge is 2.23. The highest BCUT2D eigenvalue weighted by molar-refractivity contribution is 5.39. The summed E-state index contributed by atoms with van der Waals surface area (Å²) in [5.41, 5.74) is 0. The Morgan fingerprint density at radius 1 is 1.39 bits per heavy atom. The number of ether oxygens (including phenoxy) is 1. The summed E-state index contributed by atoms with van der Waals surface area (Å²) in [6.45, 7) is 6.41. The molecule has 1 fully saturated rings. The Kier molecular flexibility index (Phi) is 4.14. The SMILES string of the molecule is CCNc1nc(OCC)nc(N2CCC(O)C2)n1. The molecule has 18 heavy (non-hydrogen) atoms. The Hall–Kier alpha value is -1.63. The summed E-state index contributed by atoms with van der Waals surface area (Å²) < 4.78 is 5.33. The predicted molar refractivity (Wildman–Crippen MR) is 68.0 cm³/mol. The maximum Gasteiger partial charge on any atom is 0.323 e. The summed E-state index contributed by atoms with van der Waals surface area (Å²) in [5, 5.41) is 12.6. The molecule has 0 bridgehead atoms. The van der Waals surface area contributed by atoms with Crippen LogP contribution in [0.25, 0.3) is 0 Å². The van der Waals surface area contributed by atoms with E-state index < -0.39 is 0 Å². The molecule has 1 aromatic heterocycles. The van der Waals surface area contributed by atoms with E-state index in [0.717, 1.165) is 19.5 Å². The highest BCUT2D eigenvalue weighted by Crippen LogP contribution is 2.19. The van der Waals surface area contributed by atoms with Gasteiger partial charge >= 0.3 is 6.01 Å². The lowest BCUT2D eigenvalue weighted by molar-refractivity contribution is 0.198. The molecule has 2 N–H and O–H groups in total. The van der Waals surface area contributed by atoms with Gasteiger partial charge in [0.15, 0.2) is 0 Å². The average molecular weight is 253 g/mol. The Morgan fingerprint density at radius 3 is 2.83 bits per heavy atom. The van der Waals surface area contributed by atoms with E-state index in [1.165, 1.54) is 0 Å². The van der Waals surface area contributed by atoms with Crippen molar-refractivity contribution in [3.8, 4) is 6.01 Å². The van der Waals surface area contributed by atoms with Gasteiger partial charge in [0.25, 0.3) is 0 Å². The van der Waals surface area contributed by atoms with Crippen LogP contribution in [-0.2, 0) is 0 Å². The van der Waals surface area contributed by atoms with Gasteiger partial charge in [-0.15, -0.1) is 0 Å². The first-order valence-corrected chi connectivity index (χ1v) is 6.28. The monoisotopic (exact) mass is 253 g/mol. The number of nitrogens with one attached hydrogen (secondary N) is 1. The first-order chi connectivity index (χ1) is 8.72.